The molecule has 5 heteroatoms. The van der Waals surface area contributed by atoms with Crippen LogP contribution in [0.4, 0.5) is 0 Å². The van der Waals surface area contributed by atoms with E-state index in [-0.39, 0.29) is 5.97 Å². The molecular formula is C14H14ClNO2S. The van der Waals surface area contributed by atoms with Crippen LogP contribution in [0.1, 0.15) is 32.9 Å². The number of ether oxygens (including phenoxy) is 1. The molecule has 0 unspecified atom stereocenters. The van der Waals surface area contributed by atoms with Gasteiger partial charge in [0.05, 0.1) is 11.6 Å². The van der Waals surface area contributed by atoms with E-state index in [4.69, 9.17) is 16.3 Å². The van der Waals surface area contributed by atoms with Crippen molar-refractivity contribution in [3.05, 3.63) is 50.4 Å². The van der Waals surface area contributed by atoms with Crippen molar-refractivity contribution in [1.29, 1.82) is 0 Å². The lowest BCUT2D eigenvalue weighted by atomic mass is 10.2. The van der Waals surface area contributed by atoms with Crippen molar-refractivity contribution in [2.75, 3.05) is 6.61 Å². The molecule has 0 aliphatic rings. The zero-order chi connectivity index (χ0) is 13.8. The van der Waals surface area contributed by atoms with Gasteiger partial charge in [-0.3, -0.25) is 0 Å². The van der Waals surface area contributed by atoms with Gasteiger partial charge in [-0.1, -0.05) is 23.7 Å². The summed E-state index contributed by atoms with van der Waals surface area (Å²) < 4.78 is 4.98. The van der Waals surface area contributed by atoms with E-state index < -0.39 is 0 Å². The number of hydrogen-bond donors (Lipinski definition) is 0. The van der Waals surface area contributed by atoms with Crippen LogP contribution >= 0.6 is 22.9 Å². The first-order valence-corrected chi connectivity index (χ1v) is 7.17. The van der Waals surface area contributed by atoms with Crippen LogP contribution < -0.4 is 0 Å². The minimum Gasteiger partial charge on any atom is -0.461 e. The van der Waals surface area contributed by atoms with E-state index >= 15 is 0 Å². The molecule has 0 N–H and O–H groups in total. The van der Waals surface area contributed by atoms with Crippen molar-refractivity contribution >= 4 is 28.9 Å². The number of esters is 1. The molecule has 0 aliphatic carbocycles. The quantitative estimate of drug-likeness (QED) is 0.804. The normalized spacial score (nSPS) is 10.5. The second-order valence-corrected chi connectivity index (χ2v) is 5.76. The first-order chi connectivity index (χ1) is 9.10. The first kappa shape index (κ1) is 14.0. The summed E-state index contributed by atoms with van der Waals surface area (Å²) in [4.78, 5) is 16.9. The third kappa shape index (κ3) is 3.55. The lowest BCUT2D eigenvalue weighted by Gasteiger charge is -1.98. The Morgan fingerprint density at radius 2 is 2.05 bits per heavy atom. The molecule has 1 aromatic carbocycles. The molecule has 1 aromatic heterocycles. The maximum atomic E-state index is 11.7. The molecule has 0 bridgehead atoms. The Kier molecular flexibility index (Phi) is 4.56. The van der Waals surface area contributed by atoms with Gasteiger partial charge in [-0.2, -0.15) is 0 Å². The van der Waals surface area contributed by atoms with Gasteiger partial charge in [-0.15, -0.1) is 11.3 Å². The molecule has 0 saturated heterocycles. The predicted molar refractivity (Wildman–Crippen MR) is 77.1 cm³/mol. The molecule has 0 aliphatic heterocycles. The first-order valence-electron chi connectivity index (χ1n) is 5.98. The summed E-state index contributed by atoms with van der Waals surface area (Å²) in [6.45, 7) is 4.03. The largest absolute Gasteiger partial charge is 0.461 e. The van der Waals surface area contributed by atoms with E-state index in [0.29, 0.717) is 23.7 Å². The highest BCUT2D eigenvalue weighted by Crippen LogP contribution is 2.21. The fourth-order valence-corrected chi connectivity index (χ4v) is 2.77. The van der Waals surface area contributed by atoms with Gasteiger partial charge in [0.15, 0.2) is 5.69 Å². The molecule has 0 amide bonds. The standard InChI is InChI=1S/C14H14ClNO2S/c1-3-18-14(17)13-9(2)19-12(16-13)8-10-4-6-11(15)7-5-10/h4-7H,3,8H2,1-2H3. The number of carbonyl (C=O) groups is 1. The summed E-state index contributed by atoms with van der Waals surface area (Å²) in [5.74, 6) is -0.349. The van der Waals surface area contributed by atoms with Crippen LogP contribution in [0, 0.1) is 6.92 Å². The molecular weight excluding hydrogens is 282 g/mol. The lowest BCUT2D eigenvalue weighted by Crippen LogP contribution is -2.06. The molecule has 0 radical (unpaired) electrons. The second kappa shape index (κ2) is 6.17. The molecule has 1 heterocycles. The Labute approximate surface area is 121 Å². The second-order valence-electron chi connectivity index (χ2n) is 4.04. The van der Waals surface area contributed by atoms with Crippen LogP contribution in [-0.2, 0) is 11.2 Å². The summed E-state index contributed by atoms with van der Waals surface area (Å²) in [6.07, 6.45) is 0.697. The van der Waals surface area contributed by atoms with Crippen LogP contribution in [0.15, 0.2) is 24.3 Å². The van der Waals surface area contributed by atoms with E-state index in [9.17, 15) is 4.79 Å². The molecule has 3 nitrogen and oxygen atoms in total. The number of rotatable bonds is 4. The van der Waals surface area contributed by atoms with Crippen molar-refractivity contribution in [3.8, 4) is 0 Å². The van der Waals surface area contributed by atoms with Crippen LogP contribution in [0.2, 0.25) is 5.02 Å². The average Bonchev–Trinajstić information content (AvgIpc) is 2.74. The fraction of sp³-hybridized carbons (Fsp3) is 0.286. The van der Waals surface area contributed by atoms with E-state index in [2.05, 4.69) is 4.98 Å². The summed E-state index contributed by atoms with van der Waals surface area (Å²) >= 11 is 7.37. The lowest BCUT2D eigenvalue weighted by molar-refractivity contribution is 0.0519. The van der Waals surface area contributed by atoms with Crippen molar-refractivity contribution in [1.82, 2.24) is 4.98 Å². The molecule has 100 valence electrons. The van der Waals surface area contributed by atoms with E-state index in [1.807, 2.05) is 31.2 Å². The number of thiazole rings is 1. The third-order valence-electron chi connectivity index (χ3n) is 2.58. The van der Waals surface area contributed by atoms with E-state index in [0.717, 1.165) is 15.4 Å². The number of carbonyl (C=O) groups excluding carboxylic acids is 1. The number of hydrogen-bond acceptors (Lipinski definition) is 4. The highest BCUT2D eigenvalue weighted by atomic mass is 35.5. The Morgan fingerprint density at radius 1 is 1.37 bits per heavy atom. The highest BCUT2D eigenvalue weighted by Gasteiger charge is 2.16. The van der Waals surface area contributed by atoms with Crippen LogP contribution in [0.3, 0.4) is 0 Å². The SMILES string of the molecule is CCOC(=O)c1nc(Cc2ccc(Cl)cc2)sc1C. The zero-order valence-electron chi connectivity index (χ0n) is 10.8. The third-order valence-corrected chi connectivity index (χ3v) is 3.80. The van der Waals surface area contributed by atoms with Gasteiger partial charge >= 0.3 is 5.97 Å². The molecule has 0 spiro atoms. The van der Waals surface area contributed by atoms with Crippen molar-refractivity contribution in [2.45, 2.75) is 20.3 Å². The number of aryl methyl sites for hydroxylation is 1. The summed E-state index contributed by atoms with van der Waals surface area (Å²) in [5, 5.41) is 1.62. The minimum absolute atomic E-state index is 0.349. The maximum absolute atomic E-state index is 11.7. The van der Waals surface area contributed by atoms with Crippen molar-refractivity contribution < 1.29 is 9.53 Å². The summed E-state index contributed by atoms with van der Waals surface area (Å²) in [7, 11) is 0. The van der Waals surface area contributed by atoms with Gasteiger partial charge in [-0.05, 0) is 31.5 Å². The molecule has 2 rings (SSSR count). The molecule has 2 aromatic rings. The molecule has 19 heavy (non-hydrogen) atoms. The zero-order valence-corrected chi connectivity index (χ0v) is 12.3. The molecule has 0 saturated carbocycles. The Bertz CT molecular complexity index is 578. The van der Waals surface area contributed by atoms with Crippen LogP contribution in [0.5, 0.6) is 0 Å². The Balaban J connectivity index is 2.16. The van der Waals surface area contributed by atoms with Gasteiger partial charge in [0.25, 0.3) is 0 Å². The number of benzene rings is 1. The highest BCUT2D eigenvalue weighted by molar-refractivity contribution is 7.11. The van der Waals surface area contributed by atoms with Gasteiger partial charge in [0.1, 0.15) is 0 Å². The molecule has 0 atom stereocenters. The number of nitrogens with zero attached hydrogens (tertiary/aromatic N) is 1. The van der Waals surface area contributed by atoms with Gasteiger partial charge in [0, 0.05) is 16.3 Å². The monoisotopic (exact) mass is 295 g/mol. The van der Waals surface area contributed by atoms with Gasteiger partial charge < -0.3 is 4.74 Å². The van der Waals surface area contributed by atoms with Crippen molar-refractivity contribution in [3.63, 3.8) is 0 Å². The van der Waals surface area contributed by atoms with Gasteiger partial charge in [0.2, 0.25) is 0 Å². The van der Waals surface area contributed by atoms with Crippen LogP contribution in [0.25, 0.3) is 0 Å². The molecule has 0 fully saturated rings. The topological polar surface area (TPSA) is 39.2 Å². The smallest absolute Gasteiger partial charge is 0.358 e. The Hall–Kier alpha value is -1.39. The Morgan fingerprint density at radius 3 is 2.68 bits per heavy atom. The predicted octanol–water partition coefficient (Wildman–Crippen LogP) is 3.87. The van der Waals surface area contributed by atoms with E-state index in [1.165, 1.54) is 11.3 Å². The van der Waals surface area contributed by atoms with Gasteiger partial charge in [-0.25, -0.2) is 9.78 Å². The van der Waals surface area contributed by atoms with Crippen molar-refractivity contribution in [2.24, 2.45) is 0 Å². The maximum Gasteiger partial charge on any atom is 0.358 e. The average molecular weight is 296 g/mol. The number of aromatic nitrogens is 1. The van der Waals surface area contributed by atoms with Crippen LogP contribution in [-0.4, -0.2) is 17.6 Å². The summed E-state index contributed by atoms with van der Waals surface area (Å²) in [6, 6.07) is 7.62. The van der Waals surface area contributed by atoms with E-state index in [1.54, 1.807) is 6.92 Å². The number of halogens is 1. The minimum atomic E-state index is -0.349. The fourth-order valence-electron chi connectivity index (χ4n) is 1.69. The summed E-state index contributed by atoms with van der Waals surface area (Å²) in [5.41, 5.74) is 1.55.